The average Bonchev–Trinajstić information content (AvgIpc) is 2.57. The Morgan fingerprint density at radius 2 is 2.33 bits per heavy atom. The van der Waals surface area contributed by atoms with Gasteiger partial charge in [0.15, 0.2) is 0 Å². The third-order valence-corrected chi connectivity index (χ3v) is 0.911. The molecule has 0 aliphatic carbocycles. The fourth-order valence-corrected chi connectivity index (χ4v) is 0.403. The molecular weight excluding hydrogens is 160 g/mol. The van der Waals surface area contributed by atoms with Crippen molar-refractivity contribution < 1.29 is 19.4 Å². The first kappa shape index (κ1) is 10.4. The number of aliphatic carboxylic acids is 1. The number of hydrogen-bond acceptors (Lipinski definition) is 3. The maximum Gasteiger partial charge on any atom is 0.327 e. The molecule has 4 nitrogen and oxygen atoms in total. The highest BCUT2D eigenvalue weighted by Crippen LogP contribution is 1.96. The van der Waals surface area contributed by atoms with Crippen LogP contribution in [0.4, 0.5) is 0 Å². The van der Waals surface area contributed by atoms with Gasteiger partial charge < -0.3 is 14.6 Å². The van der Waals surface area contributed by atoms with Gasteiger partial charge in [-0.1, -0.05) is 6.58 Å². The Hall–Kier alpha value is -1.55. The molecule has 1 aromatic heterocycles. The summed E-state index contributed by atoms with van der Waals surface area (Å²) in [5.74, 6) is -0.370. The van der Waals surface area contributed by atoms with Crippen LogP contribution < -0.4 is 0 Å². The number of rotatable bonds is 2. The highest BCUT2D eigenvalue weighted by Gasteiger charge is 1.85. The third-order valence-electron chi connectivity index (χ3n) is 0.911. The van der Waals surface area contributed by atoms with Crippen molar-refractivity contribution in [3.8, 4) is 0 Å². The monoisotopic (exact) mass is 170 g/mol. The number of aliphatic hydroxyl groups excluding tert-OH is 1. The number of furan rings is 1. The van der Waals surface area contributed by atoms with Crippen LogP contribution in [0, 0.1) is 0 Å². The Bertz CT molecular complexity index is 225. The van der Waals surface area contributed by atoms with E-state index < -0.39 is 5.97 Å². The number of carbonyl (C=O) groups is 1. The standard InChI is InChI=1S/C5H6O2.C3H4O2/c6-4-5-2-1-3-7-5;1-2-3(4)5/h1-3,6H,4H2;2H,1H2,(H,4,5). The molecule has 4 heteroatoms. The summed E-state index contributed by atoms with van der Waals surface area (Å²) >= 11 is 0. The molecule has 0 saturated carbocycles. The largest absolute Gasteiger partial charge is 0.478 e. The van der Waals surface area contributed by atoms with Gasteiger partial charge >= 0.3 is 5.97 Å². The Kier molecular flexibility index (Phi) is 5.38. The van der Waals surface area contributed by atoms with Crippen LogP contribution in [0.2, 0.25) is 0 Å². The number of carboxylic acid groups (broad SMARTS) is 1. The minimum absolute atomic E-state index is 0.00694. The SMILES string of the molecule is C=CC(=O)O.OCc1ccco1. The van der Waals surface area contributed by atoms with Crippen molar-refractivity contribution in [3.63, 3.8) is 0 Å². The highest BCUT2D eigenvalue weighted by molar-refractivity contribution is 5.78. The molecule has 2 N–H and O–H groups in total. The van der Waals surface area contributed by atoms with Crippen LogP contribution in [-0.2, 0) is 11.4 Å². The molecule has 0 aliphatic heterocycles. The van der Waals surface area contributed by atoms with Gasteiger partial charge in [-0.2, -0.15) is 0 Å². The lowest BCUT2D eigenvalue weighted by Crippen LogP contribution is -1.82. The van der Waals surface area contributed by atoms with Crippen molar-refractivity contribution in [2.24, 2.45) is 0 Å². The van der Waals surface area contributed by atoms with Crippen LogP contribution in [0.3, 0.4) is 0 Å². The third kappa shape index (κ3) is 5.25. The molecule has 0 bridgehead atoms. The quantitative estimate of drug-likeness (QED) is 0.650. The van der Waals surface area contributed by atoms with E-state index in [1.165, 1.54) is 6.26 Å². The van der Waals surface area contributed by atoms with E-state index in [9.17, 15) is 4.79 Å². The maximum atomic E-state index is 9.25. The van der Waals surface area contributed by atoms with E-state index in [0.29, 0.717) is 5.76 Å². The summed E-state index contributed by atoms with van der Waals surface area (Å²) in [6.07, 6.45) is 2.37. The van der Waals surface area contributed by atoms with Gasteiger partial charge in [-0.05, 0) is 12.1 Å². The van der Waals surface area contributed by atoms with E-state index in [2.05, 4.69) is 6.58 Å². The molecule has 0 spiro atoms. The first-order valence-corrected chi connectivity index (χ1v) is 3.19. The van der Waals surface area contributed by atoms with E-state index in [0.717, 1.165) is 6.08 Å². The molecule has 0 saturated heterocycles. The van der Waals surface area contributed by atoms with Gasteiger partial charge in [-0.3, -0.25) is 0 Å². The van der Waals surface area contributed by atoms with Gasteiger partial charge in [0.05, 0.1) is 6.26 Å². The second-order valence-electron chi connectivity index (χ2n) is 1.78. The van der Waals surface area contributed by atoms with Crippen molar-refractivity contribution in [2.45, 2.75) is 6.61 Å². The fourth-order valence-electron chi connectivity index (χ4n) is 0.403. The first-order valence-electron chi connectivity index (χ1n) is 3.19. The van der Waals surface area contributed by atoms with Crippen LogP contribution in [0.5, 0.6) is 0 Å². The summed E-state index contributed by atoms with van der Waals surface area (Å²) in [7, 11) is 0. The topological polar surface area (TPSA) is 70.7 Å². The van der Waals surface area contributed by atoms with Gasteiger partial charge in [0.1, 0.15) is 12.4 Å². The maximum absolute atomic E-state index is 9.25. The minimum atomic E-state index is -0.981. The molecule has 0 aliphatic rings. The number of hydrogen-bond donors (Lipinski definition) is 2. The summed E-state index contributed by atoms with van der Waals surface area (Å²) in [4.78, 5) is 9.25. The van der Waals surface area contributed by atoms with E-state index in [1.54, 1.807) is 12.1 Å². The van der Waals surface area contributed by atoms with Gasteiger partial charge in [-0.25, -0.2) is 4.79 Å². The highest BCUT2D eigenvalue weighted by atomic mass is 16.4. The second-order valence-corrected chi connectivity index (χ2v) is 1.78. The molecule has 1 rings (SSSR count). The van der Waals surface area contributed by atoms with Crippen molar-refractivity contribution in [1.29, 1.82) is 0 Å². The summed E-state index contributed by atoms with van der Waals surface area (Å²) in [5, 5.41) is 15.9. The van der Waals surface area contributed by atoms with Gasteiger partial charge in [0.2, 0.25) is 0 Å². The van der Waals surface area contributed by atoms with E-state index in [1.807, 2.05) is 0 Å². The fraction of sp³-hybridized carbons (Fsp3) is 0.125. The van der Waals surface area contributed by atoms with Crippen LogP contribution >= 0.6 is 0 Å². The second kappa shape index (κ2) is 6.18. The Labute approximate surface area is 69.8 Å². The van der Waals surface area contributed by atoms with E-state index >= 15 is 0 Å². The van der Waals surface area contributed by atoms with E-state index in [-0.39, 0.29) is 6.61 Å². The van der Waals surface area contributed by atoms with Crippen LogP contribution in [0.25, 0.3) is 0 Å². The smallest absolute Gasteiger partial charge is 0.327 e. The summed E-state index contributed by atoms with van der Waals surface area (Å²) in [6, 6.07) is 3.46. The summed E-state index contributed by atoms with van der Waals surface area (Å²) in [5.41, 5.74) is 0. The van der Waals surface area contributed by atoms with Crippen molar-refractivity contribution in [1.82, 2.24) is 0 Å². The summed E-state index contributed by atoms with van der Waals surface area (Å²) in [6.45, 7) is 2.95. The Balaban J connectivity index is 0.000000217. The molecule has 0 radical (unpaired) electrons. The lowest BCUT2D eigenvalue weighted by Gasteiger charge is -1.79. The molecule has 0 aromatic carbocycles. The molecule has 0 fully saturated rings. The molecule has 66 valence electrons. The zero-order valence-electron chi connectivity index (χ0n) is 6.43. The van der Waals surface area contributed by atoms with Gasteiger partial charge in [-0.15, -0.1) is 0 Å². The predicted molar refractivity (Wildman–Crippen MR) is 42.5 cm³/mol. The molecule has 1 aromatic rings. The average molecular weight is 170 g/mol. The minimum Gasteiger partial charge on any atom is -0.478 e. The summed E-state index contributed by atoms with van der Waals surface area (Å²) < 4.78 is 4.73. The first-order chi connectivity index (χ1) is 5.70. The normalized spacial score (nSPS) is 8.08. The van der Waals surface area contributed by atoms with E-state index in [4.69, 9.17) is 14.6 Å². The number of aliphatic hydroxyl groups is 1. The number of carboxylic acids is 1. The zero-order chi connectivity index (χ0) is 9.40. The van der Waals surface area contributed by atoms with Gasteiger partial charge in [0, 0.05) is 6.08 Å². The van der Waals surface area contributed by atoms with Crippen molar-refractivity contribution >= 4 is 5.97 Å². The Morgan fingerprint density at radius 1 is 1.75 bits per heavy atom. The predicted octanol–water partition coefficient (Wildman–Crippen LogP) is 1.03. The molecule has 0 amide bonds. The molecular formula is C8H10O4. The lowest BCUT2D eigenvalue weighted by atomic mass is 10.5. The molecule has 0 atom stereocenters. The Morgan fingerprint density at radius 3 is 2.50 bits per heavy atom. The van der Waals surface area contributed by atoms with Crippen molar-refractivity contribution in [3.05, 3.63) is 36.8 Å². The van der Waals surface area contributed by atoms with Gasteiger partial charge in [0.25, 0.3) is 0 Å². The molecule has 0 unspecified atom stereocenters. The van der Waals surface area contributed by atoms with Crippen LogP contribution in [-0.4, -0.2) is 16.2 Å². The molecule has 1 heterocycles. The van der Waals surface area contributed by atoms with Crippen molar-refractivity contribution in [2.75, 3.05) is 0 Å². The zero-order valence-corrected chi connectivity index (χ0v) is 6.43. The van der Waals surface area contributed by atoms with Crippen LogP contribution in [0.15, 0.2) is 35.5 Å². The lowest BCUT2D eigenvalue weighted by molar-refractivity contribution is -0.131. The molecule has 12 heavy (non-hydrogen) atoms. The van der Waals surface area contributed by atoms with Crippen LogP contribution in [0.1, 0.15) is 5.76 Å².